The Labute approximate surface area is 183 Å². The molecule has 0 spiro atoms. The Hall–Kier alpha value is -3.39. The van der Waals surface area contributed by atoms with E-state index < -0.39 is 17.4 Å². The summed E-state index contributed by atoms with van der Waals surface area (Å²) in [5.74, 6) is -0.763. The van der Waals surface area contributed by atoms with Gasteiger partial charge in [0.15, 0.2) is 5.16 Å². The standard InChI is InChI=1S/C23H22N4O3S/c1-14-6-5-9-16(12-14)24-21(29)17-13-18(28)25-20-19(17)22(30)27-23(26-20)31-11-10-15-7-3-2-4-8-15/h2-9,12,17H,10-11,13H2,1H3,(H,24,29)(H2,25,26,27,28,30). The van der Waals surface area contributed by atoms with E-state index in [4.69, 9.17) is 0 Å². The van der Waals surface area contributed by atoms with Crippen molar-refractivity contribution in [1.29, 1.82) is 0 Å². The van der Waals surface area contributed by atoms with E-state index in [0.29, 0.717) is 10.8 Å². The largest absolute Gasteiger partial charge is 0.326 e. The molecule has 0 aliphatic carbocycles. The maximum Gasteiger partial charge on any atom is 0.257 e. The predicted molar refractivity (Wildman–Crippen MR) is 122 cm³/mol. The van der Waals surface area contributed by atoms with Crippen LogP contribution < -0.4 is 16.2 Å². The molecule has 3 N–H and O–H groups in total. The SMILES string of the molecule is Cc1cccc(NC(=O)C2CC(=O)Nc3nc(SCCc4ccccc4)[nH]c(=O)c32)c1. The first kappa shape index (κ1) is 20.9. The van der Waals surface area contributed by atoms with Gasteiger partial charge in [0.25, 0.3) is 5.56 Å². The lowest BCUT2D eigenvalue weighted by Crippen LogP contribution is -2.36. The maximum absolute atomic E-state index is 12.9. The number of aromatic amines is 1. The summed E-state index contributed by atoms with van der Waals surface area (Å²) in [4.78, 5) is 45.1. The Morgan fingerprint density at radius 1 is 1.16 bits per heavy atom. The van der Waals surface area contributed by atoms with E-state index >= 15 is 0 Å². The van der Waals surface area contributed by atoms with Crippen LogP contribution in [0.1, 0.15) is 29.0 Å². The molecule has 0 fully saturated rings. The minimum absolute atomic E-state index is 0.101. The zero-order valence-electron chi connectivity index (χ0n) is 17.0. The van der Waals surface area contributed by atoms with Crippen molar-refractivity contribution in [3.05, 3.63) is 81.6 Å². The smallest absolute Gasteiger partial charge is 0.257 e. The van der Waals surface area contributed by atoms with Crippen molar-refractivity contribution in [2.45, 2.75) is 30.8 Å². The van der Waals surface area contributed by atoms with E-state index in [2.05, 4.69) is 20.6 Å². The Morgan fingerprint density at radius 2 is 1.97 bits per heavy atom. The third-order valence-electron chi connectivity index (χ3n) is 5.00. The highest BCUT2D eigenvalue weighted by Crippen LogP contribution is 2.30. The monoisotopic (exact) mass is 434 g/mol. The summed E-state index contributed by atoms with van der Waals surface area (Å²) in [7, 11) is 0. The van der Waals surface area contributed by atoms with Gasteiger partial charge in [0.2, 0.25) is 11.8 Å². The van der Waals surface area contributed by atoms with Crippen LogP contribution in [-0.4, -0.2) is 27.5 Å². The maximum atomic E-state index is 12.9. The van der Waals surface area contributed by atoms with Crippen LogP contribution >= 0.6 is 11.8 Å². The summed E-state index contributed by atoms with van der Waals surface area (Å²) in [6, 6.07) is 17.4. The molecule has 0 saturated carbocycles. The van der Waals surface area contributed by atoms with Gasteiger partial charge in [-0.05, 0) is 36.6 Å². The van der Waals surface area contributed by atoms with Crippen molar-refractivity contribution in [3.63, 3.8) is 0 Å². The number of carbonyl (C=O) groups excluding carboxylic acids is 2. The molecule has 2 amide bonds. The van der Waals surface area contributed by atoms with Crippen molar-refractivity contribution in [2.75, 3.05) is 16.4 Å². The summed E-state index contributed by atoms with van der Waals surface area (Å²) in [5, 5.41) is 5.86. The van der Waals surface area contributed by atoms with Gasteiger partial charge in [-0.3, -0.25) is 14.4 Å². The number of hydrogen-bond acceptors (Lipinski definition) is 5. The fraction of sp³-hybridized carbons (Fsp3) is 0.217. The Kier molecular flexibility index (Phi) is 6.18. The molecule has 7 nitrogen and oxygen atoms in total. The highest BCUT2D eigenvalue weighted by molar-refractivity contribution is 7.99. The number of anilines is 2. The van der Waals surface area contributed by atoms with E-state index in [-0.39, 0.29) is 23.7 Å². The number of thioether (sulfide) groups is 1. The molecule has 1 unspecified atom stereocenters. The van der Waals surface area contributed by atoms with Crippen LogP contribution in [0.4, 0.5) is 11.5 Å². The van der Waals surface area contributed by atoms with Gasteiger partial charge in [0.1, 0.15) is 5.82 Å². The molecule has 1 atom stereocenters. The summed E-state index contributed by atoms with van der Waals surface area (Å²) in [5.41, 5.74) is 2.59. The van der Waals surface area contributed by atoms with Crippen molar-refractivity contribution in [2.24, 2.45) is 0 Å². The first-order valence-electron chi connectivity index (χ1n) is 9.98. The van der Waals surface area contributed by atoms with Gasteiger partial charge in [0.05, 0.1) is 11.5 Å². The van der Waals surface area contributed by atoms with Crippen LogP contribution in [-0.2, 0) is 16.0 Å². The predicted octanol–water partition coefficient (Wildman–Crippen LogP) is 3.48. The number of amides is 2. The molecule has 2 heterocycles. The summed E-state index contributed by atoms with van der Waals surface area (Å²) in [6.45, 7) is 1.92. The van der Waals surface area contributed by atoms with E-state index in [1.807, 2.05) is 55.5 Å². The van der Waals surface area contributed by atoms with E-state index in [1.54, 1.807) is 6.07 Å². The third kappa shape index (κ3) is 5.03. The van der Waals surface area contributed by atoms with E-state index in [0.717, 1.165) is 17.7 Å². The number of rotatable bonds is 6. The number of aryl methyl sites for hydroxylation is 2. The molecule has 0 bridgehead atoms. The van der Waals surface area contributed by atoms with Crippen LogP contribution in [0.15, 0.2) is 64.5 Å². The highest BCUT2D eigenvalue weighted by Gasteiger charge is 2.34. The lowest BCUT2D eigenvalue weighted by atomic mass is 9.92. The number of hydrogen-bond donors (Lipinski definition) is 3. The number of benzene rings is 2. The molecule has 1 aliphatic rings. The molecule has 4 rings (SSSR count). The first-order chi connectivity index (χ1) is 15.0. The number of fused-ring (bicyclic) bond motifs is 1. The second-order valence-electron chi connectivity index (χ2n) is 7.38. The first-order valence-corrected chi connectivity index (χ1v) is 11.0. The second kappa shape index (κ2) is 9.18. The second-order valence-corrected chi connectivity index (χ2v) is 8.46. The molecule has 0 saturated heterocycles. The summed E-state index contributed by atoms with van der Waals surface area (Å²) in [6.07, 6.45) is 0.718. The number of H-pyrrole nitrogens is 1. The summed E-state index contributed by atoms with van der Waals surface area (Å²) < 4.78 is 0. The van der Waals surface area contributed by atoms with Crippen LogP contribution in [0, 0.1) is 6.92 Å². The van der Waals surface area contributed by atoms with Gasteiger partial charge in [-0.1, -0.05) is 54.2 Å². The van der Waals surface area contributed by atoms with Crippen LogP contribution in [0.2, 0.25) is 0 Å². The van der Waals surface area contributed by atoms with Gasteiger partial charge in [-0.2, -0.15) is 0 Å². The van der Waals surface area contributed by atoms with Gasteiger partial charge in [0, 0.05) is 17.9 Å². The zero-order valence-corrected chi connectivity index (χ0v) is 17.8. The Morgan fingerprint density at radius 3 is 2.74 bits per heavy atom. The molecule has 158 valence electrons. The van der Waals surface area contributed by atoms with Crippen molar-refractivity contribution in [3.8, 4) is 0 Å². The molecule has 2 aromatic carbocycles. The molecule has 0 radical (unpaired) electrons. The average molecular weight is 435 g/mol. The lowest BCUT2D eigenvalue weighted by molar-refractivity contribution is -0.123. The van der Waals surface area contributed by atoms with Gasteiger partial charge >= 0.3 is 0 Å². The highest BCUT2D eigenvalue weighted by atomic mass is 32.2. The molecule has 1 aliphatic heterocycles. The molecule has 31 heavy (non-hydrogen) atoms. The van der Waals surface area contributed by atoms with E-state index in [9.17, 15) is 14.4 Å². The van der Waals surface area contributed by atoms with Crippen molar-refractivity contribution >= 4 is 35.1 Å². The topological polar surface area (TPSA) is 104 Å². The summed E-state index contributed by atoms with van der Waals surface area (Å²) >= 11 is 1.40. The molecular formula is C23H22N4O3S. The number of carbonyl (C=O) groups is 2. The Bertz CT molecular complexity index is 1180. The molecular weight excluding hydrogens is 412 g/mol. The van der Waals surface area contributed by atoms with Crippen LogP contribution in [0.3, 0.4) is 0 Å². The quantitative estimate of drug-likeness (QED) is 0.407. The number of nitrogens with zero attached hydrogens (tertiary/aromatic N) is 1. The van der Waals surface area contributed by atoms with Gasteiger partial charge in [-0.25, -0.2) is 4.98 Å². The average Bonchev–Trinajstić information content (AvgIpc) is 2.73. The Balaban J connectivity index is 1.52. The van der Waals surface area contributed by atoms with Crippen LogP contribution in [0.5, 0.6) is 0 Å². The number of nitrogens with one attached hydrogen (secondary N) is 3. The number of aromatic nitrogens is 2. The van der Waals surface area contributed by atoms with Gasteiger partial charge in [-0.15, -0.1) is 0 Å². The van der Waals surface area contributed by atoms with Crippen LogP contribution in [0.25, 0.3) is 0 Å². The fourth-order valence-electron chi connectivity index (χ4n) is 3.51. The molecule has 3 aromatic rings. The zero-order chi connectivity index (χ0) is 21.8. The normalized spacial score (nSPS) is 15.1. The minimum atomic E-state index is -0.899. The minimum Gasteiger partial charge on any atom is -0.326 e. The molecule has 1 aromatic heterocycles. The lowest BCUT2D eigenvalue weighted by Gasteiger charge is -2.23. The third-order valence-corrected chi connectivity index (χ3v) is 5.88. The van der Waals surface area contributed by atoms with Crippen molar-refractivity contribution < 1.29 is 9.59 Å². The molecule has 8 heteroatoms. The fourth-order valence-corrected chi connectivity index (χ4v) is 4.36. The van der Waals surface area contributed by atoms with Crippen molar-refractivity contribution in [1.82, 2.24) is 9.97 Å². The van der Waals surface area contributed by atoms with E-state index in [1.165, 1.54) is 17.3 Å². The van der Waals surface area contributed by atoms with Gasteiger partial charge < -0.3 is 15.6 Å².